The van der Waals surface area contributed by atoms with Crippen LogP contribution < -0.4 is 11.1 Å². The molecule has 1 aromatic heterocycles. The van der Waals surface area contributed by atoms with Gasteiger partial charge < -0.3 is 11.1 Å². The summed E-state index contributed by atoms with van der Waals surface area (Å²) in [4.78, 5) is 4.08. The summed E-state index contributed by atoms with van der Waals surface area (Å²) in [5.41, 5.74) is 8.31. The summed E-state index contributed by atoms with van der Waals surface area (Å²) in [6, 6.07) is 10.4. The van der Waals surface area contributed by atoms with Crippen LogP contribution in [0, 0.1) is 5.82 Å². The number of anilines is 3. The molecule has 100 valence electrons. The Morgan fingerprint density at radius 2 is 1.95 bits per heavy atom. The number of nitrogens with zero attached hydrogens (tertiary/aromatic N) is 1. The Labute approximate surface area is 123 Å². The first-order valence-electron chi connectivity index (χ1n) is 5.99. The van der Waals surface area contributed by atoms with Gasteiger partial charge in [0.25, 0.3) is 0 Å². The number of nitrogens with two attached hydrogens (primary N) is 1. The van der Waals surface area contributed by atoms with Crippen LogP contribution in [0.1, 0.15) is 0 Å². The average molecular weight is 332 g/mol. The topological polar surface area (TPSA) is 50.9 Å². The van der Waals surface area contributed by atoms with Crippen molar-refractivity contribution in [3.63, 3.8) is 0 Å². The van der Waals surface area contributed by atoms with Crippen LogP contribution in [0.25, 0.3) is 10.8 Å². The molecule has 0 fully saturated rings. The molecule has 0 aliphatic rings. The maximum Gasteiger partial charge on any atom is 0.137 e. The van der Waals surface area contributed by atoms with Gasteiger partial charge in [-0.05, 0) is 52.3 Å². The molecule has 0 spiro atoms. The SMILES string of the molecule is Nc1ccc(Nc2ccc(F)c(Br)c2)c2ccncc12. The fourth-order valence-corrected chi connectivity index (χ4v) is 2.43. The highest BCUT2D eigenvalue weighted by molar-refractivity contribution is 9.10. The third-order valence-electron chi connectivity index (χ3n) is 3.05. The lowest BCUT2D eigenvalue weighted by atomic mass is 10.1. The van der Waals surface area contributed by atoms with Gasteiger partial charge in [0.1, 0.15) is 5.82 Å². The molecule has 0 radical (unpaired) electrons. The van der Waals surface area contributed by atoms with E-state index in [0.29, 0.717) is 10.2 Å². The van der Waals surface area contributed by atoms with Gasteiger partial charge in [-0.25, -0.2) is 4.39 Å². The highest BCUT2D eigenvalue weighted by atomic mass is 79.9. The maximum absolute atomic E-state index is 13.2. The lowest BCUT2D eigenvalue weighted by Crippen LogP contribution is -1.95. The fourth-order valence-electron chi connectivity index (χ4n) is 2.05. The van der Waals surface area contributed by atoms with E-state index in [9.17, 15) is 4.39 Å². The van der Waals surface area contributed by atoms with Gasteiger partial charge in [-0.2, -0.15) is 0 Å². The molecule has 0 aliphatic heterocycles. The number of nitrogen functional groups attached to an aromatic ring is 1. The van der Waals surface area contributed by atoms with Crippen molar-refractivity contribution in [2.75, 3.05) is 11.1 Å². The molecule has 0 atom stereocenters. The van der Waals surface area contributed by atoms with Crippen LogP contribution in [0.3, 0.4) is 0 Å². The van der Waals surface area contributed by atoms with E-state index < -0.39 is 0 Å². The Kier molecular flexibility index (Phi) is 3.28. The zero-order valence-corrected chi connectivity index (χ0v) is 12.0. The lowest BCUT2D eigenvalue weighted by molar-refractivity contribution is 0.621. The van der Waals surface area contributed by atoms with Gasteiger partial charge in [-0.1, -0.05) is 0 Å². The zero-order chi connectivity index (χ0) is 14.1. The number of hydrogen-bond donors (Lipinski definition) is 2. The van der Waals surface area contributed by atoms with Crippen molar-refractivity contribution >= 4 is 43.8 Å². The first kappa shape index (κ1) is 12.9. The van der Waals surface area contributed by atoms with Gasteiger partial charge in [-0.15, -0.1) is 0 Å². The monoisotopic (exact) mass is 331 g/mol. The van der Waals surface area contributed by atoms with E-state index in [0.717, 1.165) is 22.1 Å². The molecule has 0 amide bonds. The molecule has 20 heavy (non-hydrogen) atoms. The number of nitrogens with one attached hydrogen (secondary N) is 1. The van der Waals surface area contributed by atoms with E-state index in [1.807, 2.05) is 18.2 Å². The van der Waals surface area contributed by atoms with Gasteiger partial charge in [0, 0.05) is 40.2 Å². The molecular formula is C15H11BrFN3. The molecule has 0 bridgehead atoms. The van der Waals surface area contributed by atoms with Crippen LogP contribution in [0.15, 0.2) is 53.3 Å². The molecule has 0 saturated carbocycles. The van der Waals surface area contributed by atoms with Crippen LogP contribution in [-0.4, -0.2) is 4.98 Å². The standard InChI is InChI=1S/C15H11BrFN3/c16-12-7-9(1-2-13(12)17)20-15-4-3-14(18)11-8-19-6-5-10(11)15/h1-8,20H,18H2. The number of aromatic nitrogens is 1. The summed E-state index contributed by atoms with van der Waals surface area (Å²) >= 11 is 3.18. The summed E-state index contributed by atoms with van der Waals surface area (Å²) < 4.78 is 13.7. The molecule has 2 aromatic carbocycles. The van der Waals surface area contributed by atoms with Gasteiger partial charge in [0.05, 0.1) is 4.47 Å². The minimum atomic E-state index is -0.290. The Balaban J connectivity index is 2.06. The maximum atomic E-state index is 13.2. The first-order chi connectivity index (χ1) is 9.65. The van der Waals surface area contributed by atoms with Crippen LogP contribution in [0.5, 0.6) is 0 Å². The Morgan fingerprint density at radius 3 is 2.75 bits per heavy atom. The molecule has 1 heterocycles. The Morgan fingerprint density at radius 1 is 1.10 bits per heavy atom. The number of pyridine rings is 1. The number of hydrogen-bond acceptors (Lipinski definition) is 3. The highest BCUT2D eigenvalue weighted by Crippen LogP contribution is 2.30. The van der Waals surface area contributed by atoms with Crippen molar-refractivity contribution in [2.24, 2.45) is 0 Å². The molecule has 3 N–H and O–H groups in total. The van der Waals surface area contributed by atoms with E-state index >= 15 is 0 Å². The predicted octanol–water partition coefficient (Wildman–Crippen LogP) is 4.46. The number of rotatable bonds is 2. The van der Waals surface area contributed by atoms with Crippen LogP contribution in [0.4, 0.5) is 21.5 Å². The average Bonchev–Trinajstić information content (AvgIpc) is 2.46. The summed E-state index contributed by atoms with van der Waals surface area (Å²) in [5, 5.41) is 5.12. The minimum Gasteiger partial charge on any atom is -0.398 e. The van der Waals surface area contributed by atoms with Gasteiger partial charge in [0.15, 0.2) is 0 Å². The number of halogens is 2. The van der Waals surface area contributed by atoms with Gasteiger partial charge >= 0.3 is 0 Å². The number of fused-ring (bicyclic) bond motifs is 1. The van der Waals surface area contributed by atoms with Crippen LogP contribution in [-0.2, 0) is 0 Å². The normalized spacial score (nSPS) is 10.7. The van der Waals surface area contributed by atoms with E-state index in [1.165, 1.54) is 6.07 Å². The molecule has 0 unspecified atom stereocenters. The van der Waals surface area contributed by atoms with Crippen molar-refractivity contribution in [1.82, 2.24) is 4.98 Å². The molecule has 0 aliphatic carbocycles. The zero-order valence-electron chi connectivity index (χ0n) is 10.4. The largest absolute Gasteiger partial charge is 0.398 e. The third-order valence-corrected chi connectivity index (χ3v) is 3.66. The fraction of sp³-hybridized carbons (Fsp3) is 0. The predicted molar refractivity (Wildman–Crippen MR) is 83.5 cm³/mol. The molecule has 3 aromatic rings. The van der Waals surface area contributed by atoms with E-state index in [2.05, 4.69) is 26.2 Å². The lowest BCUT2D eigenvalue weighted by Gasteiger charge is -2.11. The molecular weight excluding hydrogens is 321 g/mol. The highest BCUT2D eigenvalue weighted by Gasteiger charge is 2.06. The quantitative estimate of drug-likeness (QED) is 0.681. The van der Waals surface area contributed by atoms with Gasteiger partial charge in [0.2, 0.25) is 0 Å². The second-order valence-electron chi connectivity index (χ2n) is 4.38. The van der Waals surface area contributed by atoms with Crippen molar-refractivity contribution in [1.29, 1.82) is 0 Å². The molecule has 5 heteroatoms. The van der Waals surface area contributed by atoms with E-state index in [4.69, 9.17) is 5.73 Å². The van der Waals surface area contributed by atoms with Crippen LogP contribution in [0.2, 0.25) is 0 Å². The summed E-state index contributed by atoms with van der Waals surface area (Å²) in [7, 11) is 0. The molecule has 3 rings (SSSR count). The number of benzene rings is 2. The van der Waals surface area contributed by atoms with Crippen molar-refractivity contribution in [3.05, 3.63) is 59.1 Å². The molecule has 3 nitrogen and oxygen atoms in total. The molecule has 0 saturated heterocycles. The van der Waals surface area contributed by atoms with Crippen molar-refractivity contribution in [2.45, 2.75) is 0 Å². The smallest absolute Gasteiger partial charge is 0.137 e. The van der Waals surface area contributed by atoms with Gasteiger partial charge in [-0.3, -0.25) is 4.98 Å². The second kappa shape index (κ2) is 5.09. The summed E-state index contributed by atoms with van der Waals surface area (Å²) in [6.07, 6.45) is 3.45. The summed E-state index contributed by atoms with van der Waals surface area (Å²) in [5.74, 6) is -0.290. The minimum absolute atomic E-state index is 0.290. The van der Waals surface area contributed by atoms with Crippen LogP contribution >= 0.6 is 15.9 Å². The third kappa shape index (κ3) is 2.32. The summed E-state index contributed by atoms with van der Waals surface area (Å²) in [6.45, 7) is 0. The Bertz CT molecular complexity index is 789. The first-order valence-corrected chi connectivity index (χ1v) is 6.79. The second-order valence-corrected chi connectivity index (χ2v) is 5.23. The Hall–Kier alpha value is -2.14. The van der Waals surface area contributed by atoms with Crippen molar-refractivity contribution in [3.8, 4) is 0 Å². The van der Waals surface area contributed by atoms with E-state index in [1.54, 1.807) is 24.5 Å². The van der Waals surface area contributed by atoms with Crippen molar-refractivity contribution < 1.29 is 4.39 Å². The van der Waals surface area contributed by atoms with E-state index in [-0.39, 0.29) is 5.82 Å².